The van der Waals surface area contributed by atoms with Crippen LogP contribution < -0.4 is 10.6 Å². The predicted molar refractivity (Wildman–Crippen MR) is 86.6 cm³/mol. The van der Waals surface area contributed by atoms with Crippen LogP contribution in [0.4, 0.5) is 0 Å². The highest BCUT2D eigenvalue weighted by Gasteiger charge is 2.07. The molecule has 4 nitrogen and oxygen atoms in total. The summed E-state index contributed by atoms with van der Waals surface area (Å²) in [6, 6.07) is 12.0. The molecule has 0 aliphatic rings. The molecule has 0 aliphatic heterocycles. The largest absolute Gasteiger partial charge is 0.351 e. The van der Waals surface area contributed by atoms with Crippen LogP contribution in [-0.2, 0) is 11.3 Å². The molecule has 0 fully saturated rings. The number of benzene rings is 1. The van der Waals surface area contributed by atoms with Crippen molar-refractivity contribution in [2.75, 3.05) is 6.54 Å². The highest BCUT2D eigenvalue weighted by atomic mass is 79.9. The summed E-state index contributed by atoms with van der Waals surface area (Å²) in [5, 5.41) is 6.08. The number of aromatic nitrogens is 1. The summed E-state index contributed by atoms with van der Waals surface area (Å²) in [5.74, 6) is -0.0271. The van der Waals surface area contributed by atoms with Crippen molar-refractivity contribution in [1.82, 2.24) is 15.6 Å². The number of nitrogens with zero attached hydrogens (tertiary/aromatic N) is 1. The van der Waals surface area contributed by atoms with E-state index in [9.17, 15) is 4.79 Å². The summed E-state index contributed by atoms with van der Waals surface area (Å²) in [6.45, 7) is 2.82. The average Bonchev–Trinajstić information content (AvgIpc) is 2.51. The molecule has 1 atom stereocenters. The van der Waals surface area contributed by atoms with E-state index in [2.05, 4.69) is 31.5 Å². The number of hydrogen-bond acceptors (Lipinski definition) is 3. The van der Waals surface area contributed by atoms with Crippen LogP contribution in [0.25, 0.3) is 0 Å². The van der Waals surface area contributed by atoms with Gasteiger partial charge in [-0.15, -0.1) is 0 Å². The standard InChI is InChI=1S/C16H18BrN3O/c1-12(14-5-2-6-15(17)8-14)19-11-16(21)20-10-13-4-3-7-18-9-13/h2-9,12,19H,10-11H2,1H3,(H,20,21)/t12-/m1/s1. The fourth-order valence-corrected chi connectivity index (χ4v) is 2.32. The van der Waals surface area contributed by atoms with E-state index in [1.807, 2.05) is 43.3 Å². The van der Waals surface area contributed by atoms with Crippen LogP contribution in [0.5, 0.6) is 0 Å². The number of halogens is 1. The topological polar surface area (TPSA) is 54.0 Å². The quantitative estimate of drug-likeness (QED) is 0.844. The average molecular weight is 348 g/mol. The minimum atomic E-state index is -0.0271. The number of pyridine rings is 1. The van der Waals surface area contributed by atoms with Crippen LogP contribution in [0.3, 0.4) is 0 Å². The Bertz CT molecular complexity index is 589. The molecule has 0 saturated heterocycles. The molecule has 1 amide bonds. The van der Waals surface area contributed by atoms with Gasteiger partial charge in [0.15, 0.2) is 0 Å². The third-order valence-electron chi connectivity index (χ3n) is 3.13. The lowest BCUT2D eigenvalue weighted by Crippen LogP contribution is -2.34. The van der Waals surface area contributed by atoms with Crippen molar-refractivity contribution in [3.05, 3.63) is 64.4 Å². The second kappa shape index (κ2) is 7.90. The number of rotatable bonds is 6. The fourth-order valence-electron chi connectivity index (χ4n) is 1.91. The lowest BCUT2D eigenvalue weighted by Gasteiger charge is -2.14. The Kier molecular flexibility index (Phi) is 5.90. The Labute approximate surface area is 133 Å². The molecular weight excluding hydrogens is 330 g/mol. The van der Waals surface area contributed by atoms with Crippen molar-refractivity contribution in [1.29, 1.82) is 0 Å². The fraction of sp³-hybridized carbons (Fsp3) is 0.250. The Morgan fingerprint density at radius 1 is 1.33 bits per heavy atom. The van der Waals surface area contributed by atoms with Crippen molar-refractivity contribution in [3.63, 3.8) is 0 Å². The van der Waals surface area contributed by atoms with E-state index in [4.69, 9.17) is 0 Å². The minimum absolute atomic E-state index is 0.0271. The second-order valence-corrected chi connectivity index (χ2v) is 5.71. The van der Waals surface area contributed by atoms with Crippen molar-refractivity contribution >= 4 is 21.8 Å². The normalized spacial score (nSPS) is 11.9. The lowest BCUT2D eigenvalue weighted by molar-refractivity contribution is -0.120. The van der Waals surface area contributed by atoms with Crippen LogP contribution in [0.1, 0.15) is 24.1 Å². The highest BCUT2D eigenvalue weighted by molar-refractivity contribution is 9.10. The van der Waals surface area contributed by atoms with Crippen LogP contribution in [0, 0.1) is 0 Å². The predicted octanol–water partition coefficient (Wildman–Crippen LogP) is 2.81. The van der Waals surface area contributed by atoms with Gasteiger partial charge in [0.1, 0.15) is 0 Å². The first-order valence-electron chi connectivity index (χ1n) is 6.79. The van der Waals surface area contributed by atoms with Gasteiger partial charge in [0, 0.05) is 29.5 Å². The van der Waals surface area contributed by atoms with Gasteiger partial charge in [-0.3, -0.25) is 9.78 Å². The molecule has 2 aromatic rings. The SMILES string of the molecule is C[C@@H](NCC(=O)NCc1cccnc1)c1cccc(Br)c1. The van der Waals surface area contributed by atoms with Crippen LogP contribution >= 0.6 is 15.9 Å². The summed E-state index contributed by atoms with van der Waals surface area (Å²) < 4.78 is 1.04. The zero-order valence-corrected chi connectivity index (χ0v) is 13.4. The highest BCUT2D eigenvalue weighted by Crippen LogP contribution is 2.17. The summed E-state index contributed by atoms with van der Waals surface area (Å²) in [6.07, 6.45) is 3.46. The van der Waals surface area contributed by atoms with E-state index in [1.165, 1.54) is 0 Å². The molecule has 5 heteroatoms. The molecule has 1 heterocycles. The van der Waals surface area contributed by atoms with Gasteiger partial charge in [0.05, 0.1) is 6.54 Å². The van der Waals surface area contributed by atoms with Gasteiger partial charge in [-0.05, 0) is 36.2 Å². The minimum Gasteiger partial charge on any atom is -0.351 e. The Morgan fingerprint density at radius 2 is 2.19 bits per heavy atom. The first kappa shape index (κ1) is 15.7. The van der Waals surface area contributed by atoms with E-state index in [0.717, 1.165) is 15.6 Å². The molecule has 0 saturated carbocycles. The number of hydrogen-bond donors (Lipinski definition) is 2. The molecule has 0 aliphatic carbocycles. The van der Waals surface area contributed by atoms with Crippen LogP contribution in [0.15, 0.2) is 53.3 Å². The zero-order chi connectivity index (χ0) is 15.1. The first-order valence-corrected chi connectivity index (χ1v) is 7.59. The number of carbonyl (C=O) groups is 1. The van der Waals surface area contributed by atoms with Crippen molar-refractivity contribution in [2.45, 2.75) is 19.5 Å². The molecule has 2 rings (SSSR count). The summed E-state index contributed by atoms with van der Waals surface area (Å²) in [7, 11) is 0. The van der Waals surface area contributed by atoms with E-state index in [1.54, 1.807) is 12.4 Å². The lowest BCUT2D eigenvalue weighted by atomic mass is 10.1. The third-order valence-corrected chi connectivity index (χ3v) is 3.62. The van der Waals surface area contributed by atoms with Gasteiger partial charge in [-0.1, -0.05) is 34.1 Å². The van der Waals surface area contributed by atoms with Gasteiger partial charge >= 0.3 is 0 Å². The maximum absolute atomic E-state index is 11.8. The van der Waals surface area contributed by atoms with E-state index >= 15 is 0 Å². The number of carbonyl (C=O) groups excluding carboxylic acids is 1. The Morgan fingerprint density at radius 3 is 2.90 bits per heavy atom. The van der Waals surface area contributed by atoms with Gasteiger partial charge in [0.2, 0.25) is 5.91 Å². The van der Waals surface area contributed by atoms with Gasteiger partial charge < -0.3 is 10.6 Å². The molecule has 21 heavy (non-hydrogen) atoms. The second-order valence-electron chi connectivity index (χ2n) is 4.80. The van der Waals surface area contributed by atoms with Crippen molar-refractivity contribution in [3.8, 4) is 0 Å². The molecule has 1 aromatic carbocycles. The zero-order valence-electron chi connectivity index (χ0n) is 11.8. The molecular formula is C16H18BrN3O. The molecule has 0 spiro atoms. The Balaban J connectivity index is 1.76. The van der Waals surface area contributed by atoms with Crippen LogP contribution in [0.2, 0.25) is 0 Å². The van der Waals surface area contributed by atoms with Crippen molar-refractivity contribution < 1.29 is 4.79 Å². The monoisotopic (exact) mass is 347 g/mol. The van der Waals surface area contributed by atoms with Crippen molar-refractivity contribution in [2.24, 2.45) is 0 Å². The maximum atomic E-state index is 11.8. The molecule has 110 valence electrons. The summed E-state index contributed by atoms with van der Waals surface area (Å²) >= 11 is 3.45. The molecule has 0 unspecified atom stereocenters. The number of nitrogens with one attached hydrogen (secondary N) is 2. The molecule has 0 radical (unpaired) electrons. The van der Waals surface area contributed by atoms with Gasteiger partial charge in [0.25, 0.3) is 0 Å². The molecule has 0 bridgehead atoms. The summed E-state index contributed by atoms with van der Waals surface area (Å²) in [5.41, 5.74) is 2.13. The van der Waals surface area contributed by atoms with Crippen LogP contribution in [-0.4, -0.2) is 17.4 Å². The van der Waals surface area contributed by atoms with Gasteiger partial charge in [-0.2, -0.15) is 0 Å². The van der Waals surface area contributed by atoms with E-state index in [0.29, 0.717) is 6.54 Å². The maximum Gasteiger partial charge on any atom is 0.234 e. The van der Waals surface area contributed by atoms with Gasteiger partial charge in [-0.25, -0.2) is 0 Å². The smallest absolute Gasteiger partial charge is 0.234 e. The molecule has 1 aromatic heterocycles. The first-order chi connectivity index (χ1) is 10.1. The van der Waals surface area contributed by atoms with E-state index < -0.39 is 0 Å². The Hall–Kier alpha value is -1.72. The molecule has 2 N–H and O–H groups in total. The number of amides is 1. The third kappa shape index (κ3) is 5.28. The summed E-state index contributed by atoms with van der Waals surface area (Å²) in [4.78, 5) is 15.8. The van der Waals surface area contributed by atoms with E-state index in [-0.39, 0.29) is 18.5 Å².